The number of hydrogen-bond acceptors (Lipinski definition) is 7. The summed E-state index contributed by atoms with van der Waals surface area (Å²) in [4.78, 5) is 22.3. The SMILES string of the molecule is COc1cc2nc(N3CCCC(CC(N)=O)C3)nc(N)c2cc1OC. The van der Waals surface area contributed by atoms with Crippen molar-refractivity contribution in [2.75, 3.05) is 37.9 Å². The van der Waals surface area contributed by atoms with Crippen LogP contribution in [0.1, 0.15) is 19.3 Å². The number of fused-ring (bicyclic) bond motifs is 1. The molecule has 1 saturated heterocycles. The summed E-state index contributed by atoms with van der Waals surface area (Å²) < 4.78 is 10.6. The maximum Gasteiger partial charge on any atom is 0.227 e. The molecule has 1 aliphatic heterocycles. The summed E-state index contributed by atoms with van der Waals surface area (Å²) in [6, 6.07) is 3.57. The lowest BCUT2D eigenvalue weighted by atomic mass is 9.95. The molecule has 1 aliphatic rings. The van der Waals surface area contributed by atoms with E-state index in [1.54, 1.807) is 26.4 Å². The van der Waals surface area contributed by atoms with Crippen LogP contribution in [0.5, 0.6) is 11.5 Å². The van der Waals surface area contributed by atoms with Crippen LogP contribution in [0.2, 0.25) is 0 Å². The molecular weight excluding hydrogens is 322 g/mol. The second-order valence-electron chi connectivity index (χ2n) is 6.26. The molecule has 0 radical (unpaired) electrons. The van der Waals surface area contributed by atoms with Crippen molar-refractivity contribution in [3.05, 3.63) is 12.1 Å². The molecule has 134 valence electrons. The number of anilines is 2. The number of methoxy groups -OCH3 is 2. The first-order valence-corrected chi connectivity index (χ1v) is 8.24. The molecule has 3 rings (SSSR count). The zero-order chi connectivity index (χ0) is 18.0. The van der Waals surface area contributed by atoms with E-state index in [2.05, 4.69) is 14.9 Å². The molecule has 1 aromatic carbocycles. The highest BCUT2D eigenvalue weighted by Crippen LogP contribution is 2.34. The summed E-state index contributed by atoms with van der Waals surface area (Å²) in [7, 11) is 3.15. The number of carbonyl (C=O) groups is 1. The molecule has 2 heterocycles. The van der Waals surface area contributed by atoms with Gasteiger partial charge in [0.15, 0.2) is 11.5 Å². The number of rotatable bonds is 5. The van der Waals surface area contributed by atoms with E-state index < -0.39 is 0 Å². The number of primary amides is 1. The lowest BCUT2D eigenvalue weighted by Gasteiger charge is -2.32. The molecule has 8 nitrogen and oxygen atoms in total. The molecule has 1 aromatic heterocycles. The fraction of sp³-hybridized carbons (Fsp3) is 0.471. The van der Waals surface area contributed by atoms with Crippen LogP contribution in [0.15, 0.2) is 12.1 Å². The van der Waals surface area contributed by atoms with Gasteiger partial charge in [-0.3, -0.25) is 4.79 Å². The van der Waals surface area contributed by atoms with Crippen LogP contribution in [0.4, 0.5) is 11.8 Å². The molecule has 1 fully saturated rings. The van der Waals surface area contributed by atoms with Gasteiger partial charge in [-0.1, -0.05) is 0 Å². The minimum atomic E-state index is -0.275. The van der Waals surface area contributed by atoms with Gasteiger partial charge in [0.1, 0.15) is 5.82 Å². The van der Waals surface area contributed by atoms with Crippen molar-refractivity contribution in [1.29, 1.82) is 0 Å². The van der Waals surface area contributed by atoms with Crippen LogP contribution >= 0.6 is 0 Å². The van der Waals surface area contributed by atoms with Gasteiger partial charge in [-0.2, -0.15) is 4.98 Å². The minimum absolute atomic E-state index is 0.220. The molecule has 1 amide bonds. The Balaban J connectivity index is 1.95. The third-order valence-corrected chi connectivity index (χ3v) is 4.51. The van der Waals surface area contributed by atoms with Crippen molar-refractivity contribution in [2.24, 2.45) is 11.7 Å². The Bertz CT molecular complexity index is 795. The molecule has 2 aromatic rings. The number of carbonyl (C=O) groups excluding carboxylic acids is 1. The van der Waals surface area contributed by atoms with E-state index in [0.717, 1.165) is 19.4 Å². The van der Waals surface area contributed by atoms with Crippen LogP contribution in [0.3, 0.4) is 0 Å². The average molecular weight is 345 g/mol. The fourth-order valence-corrected chi connectivity index (χ4v) is 3.31. The zero-order valence-corrected chi connectivity index (χ0v) is 14.5. The van der Waals surface area contributed by atoms with Crippen molar-refractivity contribution >= 4 is 28.6 Å². The van der Waals surface area contributed by atoms with Crippen LogP contribution < -0.4 is 25.8 Å². The molecule has 0 spiro atoms. The third kappa shape index (κ3) is 3.52. The van der Waals surface area contributed by atoms with E-state index in [1.165, 1.54) is 0 Å². The Morgan fingerprint density at radius 1 is 1.28 bits per heavy atom. The minimum Gasteiger partial charge on any atom is -0.493 e. The Morgan fingerprint density at radius 3 is 2.68 bits per heavy atom. The van der Waals surface area contributed by atoms with Crippen molar-refractivity contribution < 1.29 is 14.3 Å². The number of amides is 1. The maximum absolute atomic E-state index is 11.2. The third-order valence-electron chi connectivity index (χ3n) is 4.51. The fourth-order valence-electron chi connectivity index (χ4n) is 3.31. The Hall–Kier alpha value is -2.77. The van der Waals surface area contributed by atoms with E-state index in [9.17, 15) is 4.79 Å². The first-order chi connectivity index (χ1) is 12.0. The van der Waals surface area contributed by atoms with E-state index in [1.807, 2.05) is 0 Å². The molecular formula is C17H23N5O3. The topological polar surface area (TPSA) is 117 Å². The summed E-state index contributed by atoms with van der Waals surface area (Å²) in [5.74, 6) is 2.06. The highest BCUT2D eigenvalue weighted by Gasteiger charge is 2.24. The Labute approximate surface area is 146 Å². The predicted molar refractivity (Wildman–Crippen MR) is 95.8 cm³/mol. The van der Waals surface area contributed by atoms with E-state index >= 15 is 0 Å². The summed E-state index contributed by atoms with van der Waals surface area (Å²) in [6.45, 7) is 1.52. The Morgan fingerprint density at radius 2 is 2.00 bits per heavy atom. The number of aromatic nitrogens is 2. The van der Waals surface area contributed by atoms with Gasteiger partial charge >= 0.3 is 0 Å². The zero-order valence-electron chi connectivity index (χ0n) is 14.5. The van der Waals surface area contributed by atoms with Gasteiger partial charge in [0.25, 0.3) is 0 Å². The lowest BCUT2D eigenvalue weighted by Crippen LogP contribution is -2.38. The van der Waals surface area contributed by atoms with E-state index in [0.29, 0.717) is 47.1 Å². The number of piperidine rings is 1. The van der Waals surface area contributed by atoms with Crippen molar-refractivity contribution in [3.8, 4) is 11.5 Å². The molecule has 8 heteroatoms. The largest absolute Gasteiger partial charge is 0.493 e. The van der Waals surface area contributed by atoms with Gasteiger partial charge in [0.2, 0.25) is 11.9 Å². The number of hydrogen-bond donors (Lipinski definition) is 2. The standard InChI is InChI=1S/C17H23N5O3/c1-24-13-7-11-12(8-14(13)25-2)20-17(21-16(11)19)22-5-3-4-10(9-22)6-15(18)23/h7-8,10H,3-6,9H2,1-2H3,(H2,18,23)(H2,19,20,21). The van der Waals surface area contributed by atoms with Gasteiger partial charge in [0.05, 0.1) is 19.7 Å². The van der Waals surface area contributed by atoms with Crippen LogP contribution in [0, 0.1) is 5.92 Å². The van der Waals surface area contributed by atoms with E-state index in [4.69, 9.17) is 20.9 Å². The van der Waals surface area contributed by atoms with Gasteiger partial charge < -0.3 is 25.8 Å². The van der Waals surface area contributed by atoms with Crippen molar-refractivity contribution in [2.45, 2.75) is 19.3 Å². The Kier molecular flexibility index (Phi) is 4.78. The summed E-state index contributed by atoms with van der Waals surface area (Å²) in [6.07, 6.45) is 2.32. The van der Waals surface area contributed by atoms with E-state index in [-0.39, 0.29) is 11.8 Å². The number of nitrogen functional groups attached to an aromatic ring is 1. The van der Waals surface area contributed by atoms with Crippen LogP contribution in [-0.2, 0) is 4.79 Å². The maximum atomic E-state index is 11.2. The molecule has 25 heavy (non-hydrogen) atoms. The average Bonchev–Trinajstić information content (AvgIpc) is 2.60. The highest BCUT2D eigenvalue weighted by atomic mass is 16.5. The quantitative estimate of drug-likeness (QED) is 0.839. The molecule has 1 atom stereocenters. The molecule has 0 aliphatic carbocycles. The monoisotopic (exact) mass is 345 g/mol. The molecule has 1 unspecified atom stereocenters. The molecule has 4 N–H and O–H groups in total. The van der Waals surface area contributed by atoms with Crippen molar-refractivity contribution in [1.82, 2.24) is 9.97 Å². The van der Waals surface area contributed by atoms with Gasteiger partial charge in [-0.25, -0.2) is 4.98 Å². The second-order valence-corrected chi connectivity index (χ2v) is 6.26. The van der Waals surface area contributed by atoms with Crippen LogP contribution in [-0.4, -0.2) is 43.2 Å². The lowest BCUT2D eigenvalue weighted by molar-refractivity contribution is -0.118. The number of nitrogens with two attached hydrogens (primary N) is 2. The highest BCUT2D eigenvalue weighted by molar-refractivity contribution is 5.91. The van der Waals surface area contributed by atoms with Crippen molar-refractivity contribution in [3.63, 3.8) is 0 Å². The predicted octanol–water partition coefficient (Wildman–Crippen LogP) is 1.32. The normalized spacial score (nSPS) is 17.5. The first-order valence-electron chi connectivity index (χ1n) is 8.24. The van der Waals surface area contributed by atoms with Gasteiger partial charge in [-0.15, -0.1) is 0 Å². The summed E-state index contributed by atoms with van der Waals surface area (Å²) in [5, 5.41) is 0.715. The summed E-state index contributed by atoms with van der Waals surface area (Å²) >= 11 is 0. The first kappa shape index (κ1) is 17.1. The number of benzene rings is 1. The van der Waals surface area contributed by atoms with Gasteiger partial charge in [-0.05, 0) is 24.8 Å². The summed E-state index contributed by atoms with van der Waals surface area (Å²) in [5.41, 5.74) is 12.2. The molecule has 0 saturated carbocycles. The smallest absolute Gasteiger partial charge is 0.227 e. The van der Waals surface area contributed by atoms with Gasteiger partial charge in [0, 0.05) is 31.0 Å². The molecule has 0 bridgehead atoms. The number of nitrogens with zero attached hydrogens (tertiary/aromatic N) is 3. The second kappa shape index (κ2) is 7.00. The number of ether oxygens (including phenoxy) is 2. The van der Waals surface area contributed by atoms with Crippen LogP contribution in [0.25, 0.3) is 10.9 Å².